The van der Waals surface area contributed by atoms with Crippen LogP contribution in [-0.2, 0) is 0 Å². The minimum Gasteiger partial charge on any atom is -0.507 e. The summed E-state index contributed by atoms with van der Waals surface area (Å²) in [6.07, 6.45) is 1.58. The Morgan fingerprint density at radius 2 is 2.17 bits per heavy atom. The van der Waals surface area contributed by atoms with E-state index in [9.17, 15) is 9.90 Å². The van der Waals surface area contributed by atoms with Crippen molar-refractivity contribution in [1.29, 1.82) is 0 Å². The van der Waals surface area contributed by atoms with Crippen molar-refractivity contribution < 1.29 is 15.0 Å². The summed E-state index contributed by atoms with van der Waals surface area (Å²) in [6, 6.07) is 5.10. The number of phenolic OH excluding ortho intramolecular Hbond substituents is 1. The molecule has 0 saturated heterocycles. The van der Waals surface area contributed by atoms with Gasteiger partial charge in [-0.1, -0.05) is 25.5 Å². The fourth-order valence-corrected chi connectivity index (χ4v) is 1.81. The van der Waals surface area contributed by atoms with Crippen molar-refractivity contribution in [3.05, 3.63) is 29.3 Å². The molecule has 1 aromatic rings. The molecule has 0 spiro atoms. The molecule has 0 aliphatic heterocycles. The molecule has 0 aromatic heterocycles. The minimum absolute atomic E-state index is 0.0326. The molecule has 1 atom stereocenters. The lowest BCUT2D eigenvalue weighted by molar-refractivity contribution is 0.0940. The lowest BCUT2D eigenvalue weighted by Crippen LogP contribution is -2.29. The van der Waals surface area contributed by atoms with E-state index in [1.54, 1.807) is 25.1 Å². The van der Waals surface area contributed by atoms with Crippen LogP contribution in [0.4, 0.5) is 0 Å². The first-order chi connectivity index (χ1) is 8.60. The molecule has 4 nitrogen and oxygen atoms in total. The van der Waals surface area contributed by atoms with Crippen molar-refractivity contribution in [3.63, 3.8) is 0 Å². The highest BCUT2D eigenvalue weighted by Gasteiger charge is 2.13. The predicted octanol–water partition coefficient (Wildman–Crippen LogP) is 1.84. The molecule has 1 rings (SSSR count). The van der Waals surface area contributed by atoms with E-state index < -0.39 is 0 Å². The molecule has 4 heteroatoms. The number of para-hydroxylation sites is 1. The van der Waals surface area contributed by atoms with Crippen LogP contribution in [0.15, 0.2) is 18.2 Å². The first kappa shape index (κ1) is 14.5. The molecule has 0 radical (unpaired) electrons. The second kappa shape index (κ2) is 7.01. The summed E-state index contributed by atoms with van der Waals surface area (Å²) >= 11 is 0. The van der Waals surface area contributed by atoms with Gasteiger partial charge in [-0.15, -0.1) is 0 Å². The SMILES string of the molecule is CCC(CCO)CNC(=O)c1cccc(C)c1O. The van der Waals surface area contributed by atoms with Crippen molar-refractivity contribution in [2.45, 2.75) is 26.7 Å². The third kappa shape index (κ3) is 3.74. The van der Waals surface area contributed by atoms with Crippen molar-refractivity contribution in [2.24, 2.45) is 5.92 Å². The van der Waals surface area contributed by atoms with Gasteiger partial charge in [-0.2, -0.15) is 0 Å². The van der Waals surface area contributed by atoms with Gasteiger partial charge in [-0.05, 0) is 30.9 Å². The molecule has 0 bridgehead atoms. The molecule has 0 heterocycles. The second-order valence-electron chi connectivity index (χ2n) is 4.47. The zero-order chi connectivity index (χ0) is 13.5. The van der Waals surface area contributed by atoms with E-state index in [0.29, 0.717) is 24.1 Å². The number of hydrogen-bond donors (Lipinski definition) is 3. The van der Waals surface area contributed by atoms with E-state index in [0.717, 1.165) is 6.42 Å². The number of amides is 1. The fraction of sp³-hybridized carbons (Fsp3) is 0.500. The van der Waals surface area contributed by atoms with E-state index in [2.05, 4.69) is 5.32 Å². The summed E-state index contributed by atoms with van der Waals surface area (Å²) in [6.45, 7) is 4.43. The van der Waals surface area contributed by atoms with Crippen molar-refractivity contribution in [3.8, 4) is 5.75 Å². The zero-order valence-corrected chi connectivity index (χ0v) is 10.9. The Hall–Kier alpha value is -1.55. The Morgan fingerprint density at radius 1 is 1.44 bits per heavy atom. The number of aliphatic hydroxyl groups excluding tert-OH is 1. The van der Waals surface area contributed by atoms with Crippen molar-refractivity contribution in [1.82, 2.24) is 5.32 Å². The van der Waals surface area contributed by atoms with Gasteiger partial charge in [0.1, 0.15) is 5.75 Å². The Kier molecular flexibility index (Phi) is 5.65. The molecule has 1 amide bonds. The molecule has 0 saturated carbocycles. The summed E-state index contributed by atoms with van der Waals surface area (Å²) in [4.78, 5) is 11.9. The standard InChI is InChI=1S/C14H21NO3/c1-3-11(7-8-16)9-15-14(18)12-6-4-5-10(2)13(12)17/h4-6,11,16-17H,3,7-9H2,1-2H3,(H,15,18). The van der Waals surface area contributed by atoms with Gasteiger partial charge < -0.3 is 15.5 Å². The molecular weight excluding hydrogens is 230 g/mol. The third-order valence-corrected chi connectivity index (χ3v) is 3.15. The average Bonchev–Trinajstić information content (AvgIpc) is 2.37. The van der Waals surface area contributed by atoms with Crippen LogP contribution in [0.1, 0.15) is 35.7 Å². The Bertz CT molecular complexity index is 404. The average molecular weight is 251 g/mol. The number of carbonyl (C=O) groups excluding carboxylic acids is 1. The highest BCUT2D eigenvalue weighted by molar-refractivity contribution is 5.97. The first-order valence-electron chi connectivity index (χ1n) is 6.27. The number of aryl methyl sites for hydroxylation is 1. The number of rotatable bonds is 6. The maximum absolute atomic E-state index is 11.9. The van der Waals surface area contributed by atoms with Gasteiger partial charge >= 0.3 is 0 Å². The summed E-state index contributed by atoms with van der Waals surface area (Å²) in [5, 5.41) is 21.5. The monoisotopic (exact) mass is 251 g/mol. The van der Waals surface area contributed by atoms with Crippen LogP contribution in [0.2, 0.25) is 0 Å². The summed E-state index contributed by atoms with van der Waals surface area (Å²) in [7, 11) is 0. The Labute approximate surface area is 108 Å². The number of carbonyl (C=O) groups is 1. The number of aromatic hydroxyl groups is 1. The van der Waals surface area contributed by atoms with E-state index in [4.69, 9.17) is 5.11 Å². The number of benzene rings is 1. The molecule has 1 unspecified atom stereocenters. The molecule has 100 valence electrons. The zero-order valence-electron chi connectivity index (χ0n) is 10.9. The number of nitrogens with one attached hydrogen (secondary N) is 1. The van der Waals surface area contributed by atoms with E-state index in [-0.39, 0.29) is 24.2 Å². The molecule has 18 heavy (non-hydrogen) atoms. The van der Waals surface area contributed by atoms with Gasteiger partial charge in [0.05, 0.1) is 5.56 Å². The smallest absolute Gasteiger partial charge is 0.255 e. The third-order valence-electron chi connectivity index (χ3n) is 3.15. The highest BCUT2D eigenvalue weighted by atomic mass is 16.3. The summed E-state index contributed by atoms with van der Waals surface area (Å²) in [5.74, 6) is 0.0312. The van der Waals surface area contributed by atoms with Crippen LogP contribution < -0.4 is 5.32 Å². The van der Waals surface area contributed by atoms with Crippen LogP contribution >= 0.6 is 0 Å². The van der Waals surface area contributed by atoms with Crippen LogP contribution in [0.5, 0.6) is 5.75 Å². The van der Waals surface area contributed by atoms with Crippen molar-refractivity contribution in [2.75, 3.05) is 13.2 Å². The largest absolute Gasteiger partial charge is 0.507 e. The minimum atomic E-state index is -0.271. The molecule has 3 N–H and O–H groups in total. The fourth-order valence-electron chi connectivity index (χ4n) is 1.81. The topological polar surface area (TPSA) is 69.6 Å². The van der Waals surface area contributed by atoms with Crippen LogP contribution in [0, 0.1) is 12.8 Å². The Balaban J connectivity index is 2.62. The number of hydrogen-bond acceptors (Lipinski definition) is 3. The maximum Gasteiger partial charge on any atom is 0.255 e. The summed E-state index contributed by atoms with van der Waals surface area (Å²) < 4.78 is 0. The number of aliphatic hydroxyl groups is 1. The lowest BCUT2D eigenvalue weighted by atomic mass is 10.0. The van der Waals surface area contributed by atoms with Gasteiger partial charge in [-0.3, -0.25) is 4.79 Å². The highest BCUT2D eigenvalue weighted by Crippen LogP contribution is 2.21. The number of phenols is 1. The normalized spacial score (nSPS) is 12.2. The second-order valence-corrected chi connectivity index (χ2v) is 4.47. The molecule has 0 aliphatic rings. The van der Waals surface area contributed by atoms with Gasteiger partial charge in [0, 0.05) is 13.2 Å². The molecule has 1 aromatic carbocycles. The predicted molar refractivity (Wildman–Crippen MR) is 70.7 cm³/mol. The van der Waals surface area contributed by atoms with E-state index in [1.807, 2.05) is 6.92 Å². The lowest BCUT2D eigenvalue weighted by Gasteiger charge is -2.15. The summed E-state index contributed by atoms with van der Waals surface area (Å²) in [5.41, 5.74) is 0.985. The van der Waals surface area contributed by atoms with Gasteiger partial charge in [-0.25, -0.2) is 0 Å². The van der Waals surface area contributed by atoms with E-state index >= 15 is 0 Å². The van der Waals surface area contributed by atoms with E-state index in [1.165, 1.54) is 0 Å². The van der Waals surface area contributed by atoms with Gasteiger partial charge in [0.15, 0.2) is 0 Å². The first-order valence-corrected chi connectivity index (χ1v) is 6.27. The Morgan fingerprint density at radius 3 is 2.78 bits per heavy atom. The maximum atomic E-state index is 11.9. The van der Waals surface area contributed by atoms with Crippen LogP contribution in [0.25, 0.3) is 0 Å². The quantitative estimate of drug-likeness (QED) is 0.722. The van der Waals surface area contributed by atoms with Crippen LogP contribution in [-0.4, -0.2) is 29.3 Å². The molecular formula is C14H21NO3. The van der Waals surface area contributed by atoms with Crippen molar-refractivity contribution >= 4 is 5.91 Å². The van der Waals surface area contributed by atoms with Crippen LogP contribution in [0.3, 0.4) is 0 Å². The van der Waals surface area contributed by atoms with Gasteiger partial charge in [0.25, 0.3) is 5.91 Å². The van der Waals surface area contributed by atoms with Gasteiger partial charge in [0.2, 0.25) is 0 Å². The molecule has 0 aliphatic carbocycles. The molecule has 0 fully saturated rings.